The molecule has 2 bridgehead atoms. The van der Waals surface area contributed by atoms with Crippen LogP contribution in [0.15, 0.2) is 24.4 Å². The molecule has 2 saturated heterocycles. The summed E-state index contributed by atoms with van der Waals surface area (Å²) in [4.78, 5) is 15.9. The number of nitrogens with zero attached hydrogens (tertiary/aromatic N) is 1. The monoisotopic (exact) mass is 217 g/mol. The van der Waals surface area contributed by atoms with E-state index < -0.39 is 0 Å². The molecule has 1 aromatic heterocycles. The lowest BCUT2D eigenvalue weighted by Crippen LogP contribution is -2.43. The first-order valence-corrected chi connectivity index (χ1v) is 5.81. The van der Waals surface area contributed by atoms with Gasteiger partial charge in [-0.2, -0.15) is 0 Å². The van der Waals surface area contributed by atoms with Crippen molar-refractivity contribution in [2.24, 2.45) is 0 Å². The van der Waals surface area contributed by atoms with Crippen LogP contribution >= 0.6 is 0 Å². The first-order chi connectivity index (χ1) is 7.83. The third-order valence-electron chi connectivity index (χ3n) is 3.51. The molecule has 3 heterocycles. The van der Waals surface area contributed by atoms with E-state index in [2.05, 4.69) is 15.6 Å². The van der Waals surface area contributed by atoms with Crippen LogP contribution in [0.5, 0.6) is 0 Å². The maximum Gasteiger partial charge on any atom is 0.270 e. The summed E-state index contributed by atoms with van der Waals surface area (Å²) >= 11 is 0. The Hall–Kier alpha value is -1.42. The number of carbonyl (C=O) groups excluding carboxylic acids is 1. The Kier molecular flexibility index (Phi) is 2.36. The molecule has 1 amide bonds. The fourth-order valence-corrected chi connectivity index (χ4v) is 2.72. The molecule has 2 fully saturated rings. The first kappa shape index (κ1) is 9.78. The third kappa shape index (κ3) is 1.69. The second kappa shape index (κ2) is 3.87. The molecule has 3 rings (SSSR count). The molecule has 2 aliphatic heterocycles. The van der Waals surface area contributed by atoms with Gasteiger partial charge in [-0.1, -0.05) is 6.07 Å². The Bertz CT molecular complexity index is 393. The molecular weight excluding hydrogens is 202 g/mol. The Balaban J connectivity index is 1.65. The quantitative estimate of drug-likeness (QED) is 0.767. The summed E-state index contributed by atoms with van der Waals surface area (Å²) in [5.41, 5.74) is 0.505. The Morgan fingerprint density at radius 3 is 3.00 bits per heavy atom. The number of aromatic nitrogens is 1. The lowest BCUT2D eigenvalue weighted by molar-refractivity contribution is 0.0926. The van der Waals surface area contributed by atoms with Crippen molar-refractivity contribution < 1.29 is 4.79 Å². The lowest BCUT2D eigenvalue weighted by atomic mass is 9.95. The molecule has 0 aromatic carbocycles. The maximum absolute atomic E-state index is 11.9. The summed E-state index contributed by atoms with van der Waals surface area (Å²) in [6.07, 6.45) is 5.13. The van der Waals surface area contributed by atoms with Gasteiger partial charge in [0.25, 0.3) is 5.91 Å². The van der Waals surface area contributed by atoms with Crippen LogP contribution in [0.1, 0.15) is 29.8 Å². The molecule has 2 N–H and O–H groups in total. The van der Waals surface area contributed by atoms with E-state index in [1.807, 2.05) is 12.1 Å². The molecule has 1 aromatic rings. The number of pyridine rings is 1. The molecule has 0 aliphatic carbocycles. The van der Waals surface area contributed by atoms with E-state index in [1.165, 1.54) is 12.8 Å². The van der Waals surface area contributed by atoms with E-state index in [0.29, 0.717) is 17.8 Å². The van der Waals surface area contributed by atoms with Gasteiger partial charge >= 0.3 is 0 Å². The minimum absolute atomic E-state index is 0.0556. The van der Waals surface area contributed by atoms with Crippen molar-refractivity contribution >= 4 is 5.91 Å². The summed E-state index contributed by atoms with van der Waals surface area (Å²) in [7, 11) is 0. The molecule has 4 nitrogen and oxygen atoms in total. The highest BCUT2D eigenvalue weighted by atomic mass is 16.1. The van der Waals surface area contributed by atoms with Gasteiger partial charge in [0.2, 0.25) is 0 Å². The lowest BCUT2D eigenvalue weighted by Gasteiger charge is -2.21. The minimum atomic E-state index is -0.0556. The molecule has 16 heavy (non-hydrogen) atoms. The Labute approximate surface area is 94.5 Å². The largest absolute Gasteiger partial charge is 0.346 e. The summed E-state index contributed by atoms with van der Waals surface area (Å²) in [6, 6.07) is 6.76. The fourth-order valence-electron chi connectivity index (χ4n) is 2.72. The van der Waals surface area contributed by atoms with Crippen LogP contribution in [0.3, 0.4) is 0 Å². The molecule has 0 unspecified atom stereocenters. The second-order valence-corrected chi connectivity index (χ2v) is 4.58. The first-order valence-electron chi connectivity index (χ1n) is 5.81. The molecule has 3 atom stereocenters. The van der Waals surface area contributed by atoms with Crippen molar-refractivity contribution in [1.82, 2.24) is 15.6 Å². The number of nitrogens with one attached hydrogen (secondary N) is 2. The highest BCUT2D eigenvalue weighted by molar-refractivity contribution is 5.92. The predicted octanol–water partition coefficient (Wildman–Crippen LogP) is 0.704. The van der Waals surface area contributed by atoms with E-state index in [1.54, 1.807) is 12.3 Å². The predicted molar refractivity (Wildman–Crippen MR) is 60.1 cm³/mol. The van der Waals surface area contributed by atoms with Gasteiger partial charge in [0.05, 0.1) is 0 Å². The maximum atomic E-state index is 11.9. The zero-order valence-electron chi connectivity index (χ0n) is 9.02. The number of fused-ring (bicyclic) bond motifs is 2. The van der Waals surface area contributed by atoms with Gasteiger partial charge in [-0.05, 0) is 31.4 Å². The summed E-state index contributed by atoms with van der Waals surface area (Å²) < 4.78 is 0. The van der Waals surface area contributed by atoms with Gasteiger partial charge in [-0.25, -0.2) is 0 Å². The van der Waals surface area contributed by atoms with Gasteiger partial charge in [-0.15, -0.1) is 0 Å². The van der Waals surface area contributed by atoms with E-state index in [0.717, 1.165) is 6.42 Å². The zero-order chi connectivity index (χ0) is 11.0. The molecule has 0 saturated carbocycles. The van der Waals surface area contributed by atoms with Gasteiger partial charge in [0, 0.05) is 24.3 Å². The standard InChI is InChI=1S/C12H15N3O/c16-12(10-3-1-2-6-13-10)15-11-7-8-4-5-9(11)14-8/h1-3,6,8-9,11,14H,4-5,7H2,(H,15,16)/t8-,9+,11-/m1/s1. The van der Waals surface area contributed by atoms with Gasteiger partial charge in [-0.3, -0.25) is 9.78 Å². The van der Waals surface area contributed by atoms with Crippen molar-refractivity contribution in [3.8, 4) is 0 Å². The number of rotatable bonds is 2. The Morgan fingerprint density at radius 1 is 1.44 bits per heavy atom. The summed E-state index contributed by atoms with van der Waals surface area (Å²) in [5.74, 6) is -0.0556. The van der Waals surface area contributed by atoms with Crippen molar-refractivity contribution in [2.75, 3.05) is 0 Å². The van der Waals surface area contributed by atoms with E-state index in [4.69, 9.17) is 0 Å². The number of hydrogen-bond acceptors (Lipinski definition) is 3. The average Bonchev–Trinajstić information content (AvgIpc) is 2.92. The number of carbonyl (C=O) groups is 1. The van der Waals surface area contributed by atoms with Crippen molar-refractivity contribution in [3.05, 3.63) is 30.1 Å². The minimum Gasteiger partial charge on any atom is -0.346 e. The topological polar surface area (TPSA) is 54.0 Å². The third-order valence-corrected chi connectivity index (χ3v) is 3.51. The SMILES string of the molecule is O=C(N[C@@H]1C[C@H]2CC[C@@H]1N2)c1ccccn1. The van der Waals surface area contributed by atoms with Gasteiger partial charge in [0.1, 0.15) is 5.69 Å². The smallest absolute Gasteiger partial charge is 0.270 e. The van der Waals surface area contributed by atoms with E-state index >= 15 is 0 Å². The normalized spacial score (nSPS) is 31.6. The van der Waals surface area contributed by atoms with Crippen LogP contribution in [-0.2, 0) is 0 Å². The fraction of sp³-hybridized carbons (Fsp3) is 0.500. The van der Waals surface area contributed by atoms with Gasteiger partial charge < -0.3 is 10.6 Å². The van der Waals surface area contributed by atoms with Crippen LogP contribution in [0.4, 0.5) is 0 Å². The number of amides is 1. The number of hydrogen-bond donors (Lipinski definition) is 2. The summed E-state index contributed by atoms with van der Waals surface area (Å²) in [5, 5.41) is 6.56. The average molecular weight is 217 g/mol. The van der Waals surface area contributed by atoms with Crippen molar-refractivity contribution in [2.45, 2.75) is 37.4 Å². The van der Waals surface area contributed by atoms with E-state index in [-0.39, 0.29) is 11.9 Å². The molecule has 0 spiro atoms. The van der Waals surface area contributed by atoms with E-state index in [9.17, 15) is 4.79 Å². The van der Waals surface area contributed by atoms with Crippen LogP contribution in [-0.4, -0.2) is 29.0 Å². The summed E-state index contributed by atoms with van der Waals surface area (Å²) in [6.45, 7) is 0. The highest BCUT2D eigenvalue weighted by Crippen LogP contribution is 2.28. The van der Waals surface area contributed by atoms with Crippen LogP contribution < -0.4 is 10.6 Å². The van der Waals surface area contributed by atoms with Crippen LogP contribution in [0.25, 0.3) is 0 Å². The zero-order valence-corrected chi connectivity index (χ0v) is 9.02. The molecular formula is C12H15N3O. The highest BCUT2D eigenvalue weighted by Gasteiger charge is 2.39. The van der Waals surface area contributed by atoms with Crippen LogP contribution in [0.2, 0.25) is 0 Å². The van der Waals surface area contributed by atoms with Crippen LogP contribution in [0, 0.1) is 0 Å². The Morgan fingerprint density at radius 2 is 2.38 bits per heavy atom. The molecule has 84 valence electrons. The second-order valence-electron chi connectivity index (χ2n) is 4.58. The van der Waals surface area contributed by atoms with Crippen molar-refractivity contribution in [3.63, 3.8) is 0 Å². The molecule has 2 aliphatic rings. The molecule has 4 heteroatoms. The van der Waals surface area contributed by atoms with Gasteiger partial charge in [0.15, 0.2) is 0 Å². The molecule has 0 radical (unpaired) electrons. The van der Waals surface area contributed by atoms with Crippen molar-refractivity contribution in [1.29, 1.82) is 0 Å².